The number of fused-ring (bicyclic) bond motifs is 12. The van der Waals surface area contributed by atoms with Crippen LogP contribution in [0.25, 0.3) is 147 Å². The van der Waals surface area contributed by atoms with E-state index >= 15 is 0 Å². The van der Waals surface area contributed by atoms with Crippen LogP contribution in [0.5, 0.6) is 0 Å². The molecule has 12 heteroatoms. The van der Waals surface area contributed by atoms with Crippen molar-refractivity contribution in [3.63, 3.8) is 0 Å². The Morgan fingerprint density at radius 2 is 0.741 bits per heavy atom. The molecule has 576 valence electrons. The van der Waals surface area contributed by atoms with Crippen molar-refractivity contribution in [2.24, 2.45) is 28.2 Å². The minimum Gasteiger partial charge on any atom is -0.466 e. The first-order valence-corrected chi connectivity index (χ1v) is 42.0. The maximum atomic E-state index is 9.96. The van der Waals surface area contributed by atoms with Gasteiger partial charge in [0.25, 0.3) is 0 Å². The topological polar surface area (TPSA) is 105 Å². The summed E-state index contributed by atoms with van der Waals surface area (Å²) in [5.74, 6) is 2.09. The fourth-order valence-electron chi connectivity index (χ4n) is 20.1. The Kier molecular flexibility index (Phi) is 21.5. The van der Waals surface area contributed by atoms with E-state index in [0.29, 0.717) is 40.6 Å². The molecule has 8 aromatic carbocycles. The van der Waals surface area contributed by atoms with E-state index in [4.69, 9.17) is 37.4 Å². The average molecular weight is 1530 g/mol. The number of benzene rings is 8. The van der Waals surface area contributed by atoms with Gasteiger partial charge in [-0.15, -0.1) is 0 Å². The summed E-state index contributed by atoms with van der Waals surface area (Å²) >= 11 is 0. The lowest BCUT2D eigenvalue weighted by Crippen LogP contribution is -2.30. The highest BCUT2D eigenvalue weighted by atomic mass is 16.3. The minimum absolute atomic E-state index is 0.454. The molecule has 0 spiro atoms. The van der Waals surface area contributed by atoms with Crippen LogP contribution < -0.4 is 18.3 Å². The van der Waals surface area contributed by atoms with E-state index < -0.39 is 0 Å². The van der Waals surface area contributed by atoms with E-state index in [2.05, 4.69) is 229 Å². The van der Waals surface area contributed by atoms with Crippen LogP contribution in [0.1, 0.15) is 202 Å². The van der Waals surface area contributed by atoms with Gasteiger partial charge < -0.3 is 17.7 Å². The number of hydrogen-bond acceptors (Lipinski definition) is 5. The van der Waals surface area contributed by atoms with E-state index in [-0.39, 0.29) is 0 Å². The van der Waals surface area contributed by atoms with Gasteiger partial charge in [-0.3, -0.25) is 0 Å². The maximum Gasteiger partial charge on any atom is 0.229 e. The third kappa shape index (κ3) is 14.0. The number of nitrogens with zero attached hydrogens (tertiary/aromatic N) is 8. The SMILES string of the molecule is Cc1cc(C#N)c2c(oc3cccc(C4CCCCC4)c32)c1-c1cccc[n+]1C.[C-]#[N+]c1cc(C2CCCCC2)c2c(c1)oc1c(-c3cccc[n+]3C)c(C)ccc12.[C-]#[N+]c1ccc(C2CCCCC2)c2c1oc1c(-c3cccc[n+]3C)c(C)ccc12.[C-]#[N+]c1ccc2oc3c(-c4cccc[n+]4C)c(C)ccc3c2c1C1CCCCC1. The number of aryl methyl sites for hydroxylation is 8. The molecule has 0 atom stereocenters. The third-order valence-corrected chi connectivity index (χ3v) is 25.9. The van der Waals surface area contributed by atoms with E-state index in [1.165, 1.54) is 178 Å². The summed E-state index contributed by atoms with van der Waals surface area (Å²) in [4.78, 5) is 11.4. The molecule has 116 heavy (non-hydrogen) atoms. The molecular weight excluding hydrogens is 1430 g/mol. The van der Waals surface area contributed by atoms with Crippen molar-refractivity contribution < 1.29 is 35.9 Å². The fourth-order valence-corrected chi connectivity index (χ4v) is 20.1. The highest BCUT2D eigenvalue weighted by Gasteiger charge is 2.33. The second kappa shape index (κ2) is 32.8. The predicted molar refractivity (Wildman–Crippen MR) is 467 cm³/mol. The van der Waals surface area contributed by atoms with E-state index in [1.54, 1.807) is 0 Å². The molecule has 0 unspecified atom stereocenters. The van der Waals surface area contributed by atoms with Crippen molar-refractivity contribution in [2.75, 3.05) is 0 Å². The summed E-state index contributed by atoms with van der Waals surface area (Å²) in [7, 11) is 8.25. The van der Waals surface area contributed by atoms with Crippen LogP contribution in [-0.4, -0.2) is 0 Å². The largest absolute Gasteiger partial charge is 0.466 e. The maximum absolute atomic E-state index is 9.96. The van der Waals surface area contributed by atoms with Gasteiger partial charge in [0, 0.05) is 91.6 Å². The number of nitriles is 1. The number of rotatable bonds is 8. The summed E-state index contributed by atoms with van der Waals surface area (Å²) in [5.41, 5.74) is 28.6. The molecule has 4 saturated carbocycles. The Morgan fingerprint density at radius 1 is 0.328 bits per heavy atom. The van der Waals surface area contributed by atoms with Crippen molar-refractivity contribution in [1.82, 2.24) is 0 Å². The Hall–Kier alpha value is -12.5. The molecule has 0 radical (unpaired) electrons. The standard InChI is InChI=1S/4C26H25N2O/c1-17-12-13-20-24-19(18-9-5-4-6-10-18)14-15-21(27-2)26(24)29-25(20)23(17)22-11-7-8-16-28(22)3;1-17-12-13-19-25-22(29-26(19)23(17)21-11-7-8-16-28(21)3)15-14-20(27-2)24(25)18-9-5-4-6-10-18;1-17-12-13-20-25-21(18-9-5-4-6-10-18)15-19(27-2)16-23(25)29-26(20)24(17)22-11-7-8-14-28(22)3;1-17-15-19(16-27)24-25-20(18-9-4-3-5-10-18)11-8-13-22(25)29-26(24)23(17)21-12-6-7-14-28(21)2/h3*7-8,11-16,18H,4-6,9-10H2,1,3H3;6-8,11-15,18H,3-5,9-10H2,1-2H3/q4*+1. The highest BCUT2D eigenvalue weighted by Crippen LogP contribution is 2.51. The lowest BCUT2D eigenvalue weighted by molar-refractivity contribution is -0.660. The van der Waals surface area contributed by atoms with Crippen molar-refractivity contribution in [3.05, 3.63) is 279 Å². The van der Waals surface area contributed by atoms with Gasteiger partial charge >= 0.3 is 0 Å². The summed E-state index contributed by atoms with van der Waals surface area (Å²) in [6.45, 7) is 31.5. The number of pyridine rings is 4. The lowest BCUT2D eigenvalue weighted by atomic mass is 9.81. The molecule has 0 saturated heterocycles. The summed E-state index contributed by atoms with van der Waals surface area (Å²) < 4.78 is 34.5. The Morgan fingerprint density at radius 3 is 1.22 bits per heavy atom. The van der Waals surface area contributed by atoms with Crippen molar-refractivity contribution in [1.29, 1.82) is 5.26 Å². The second-order valence-corrected chi connectivity index (χ2v) is 33.1. The number of aromatic nitrogens is 4. The molecule has 4 aliphatic carbocycles. The number of hydrogen-bond donors (Lipinski definition) is 0. The fraction of sp³-hybridized carbons (Fsp3) is 0.308. The first-order valence-electron chi connectivity index (χ1n) is 42.0. The van der Waals surface area contributed by atoms with Gasteiger partial charge in [0.1, 0.15) is 67.3 Å². The van der Waals surface area contributed by atoms with Crippen LogP contribution in [0.4, 0.5) is 17.1 Å². The summed E-state index contributed by atoms with van der Waals surface area (Å²) in [6, 6.07) is 61.1. The first-order chi connectivity index (χ1) is 56.7. The molecule has 0 N–H and O–H groups in total. The zero-order valence-corrected chi connectivity index (χ0v) is 68.1. The van der Waals surface area contributed by atoms with E-state index in [9.17, 15) is 5.26 Å². The molecule has 4 fully saturated rings. The minimum atomic E-state index is 0.454. The van der Waals surface area contributed by atoms with Crippen LogP contribution in [-0.2, 0) is 28.2 Å². The van der Waals surface area contributed by atoms with Gasteiger partial charge in [-0.25, -0.2) is 32.8 Å². The summed E-state index contributed by atoms with van der Waals surface area (Å²) in [5, 5.41) is 19.0. The van der Waals surface area contributed by atoms with E-state index in [0.717, 1.165) is 133 Å². The van der Waals surface area contributed by atoms with Crippen molar-refractivity contribution in [2.45, 2.75) is 180 Å². The van der Waals surface area contributed by atoms with Crippen LogP contribution in [0.15, 0.2) is 212 Å². The van der Waals surface area contributed by atoms with Gasteiger partial charge in [0.05, 0.1) is 53.6 Å². The Balaban J connectivity index is 0.000000111. The molecule has 8 heterocycles. The Labute approximate surface area is 680 Å². The third-order valence-electron chi connectivity index (χ3n) is 25.9. The molecular formula is C104H100N8O4+4. The summed E-state index contributed by atoms with van der Waals surface area (Å²) in [6.07, 6.45) is 33.4. The van der Waals surface area contributed by atoms with Gasteiger partial charge in [0.2, 0.25) is 28.5 Å². The smallest absolute Gasteiger partial charge is 0.229 e. The zero-order valence-electron chi connectivity index (χ0n) is 68.1. The molecule has 8 aromatic heterocycles. The van der Waals surface area contributed by atoms with Crippen LogP contribution in [0, 0.1) is 58.7 Å². The normalized spacial score (nSPS) is 15.1. The van der Waals surface area contributed by atoms with E-state index in [1.807, 2.05) is 60.7 Å². The number of furan rings is 4. The molecule has 0 amide bonds. The predicted octanol–water partition coefficient (Wildman–Crippen LogP) is 27.3. The molecule has 4 aliphatic rings. The molecule has 0 aliphatic heterocycles. The second-order valence-electron chi connectivity index (χ2n) is 33.1. The van der Waals surface area contributed by atoms with Crippen LogP contribution in [0.2, 0.25) is 0 Å². The monoisotopic (exact) mass is 1520 g/mol. The van der Waals surface area contributed by atoms with Crippen LogP contribution in [0.3, 0.4) is 0 Å². The molecule has 20 rings (SSSR count). The average Bonchev–Trinajstić information content (AvgIpc) is 1.61. The van der Waals surface area contributed by atoms with Crippen LogP contribution >= 0.6 is 0 Å². The zero-order chi connectivity index (χ0) is 79.8. The van der Waals surface area contributed by atoms with Gasteiger partial charge in [-0.1, -0.05) is 150 Å². The van der Waals surface area contributed by atoms with Gasteiger partial charge in [0.15, 0.2) is 41.7 Å². The molecule has 12 nitrogen and oxygen atoms in total. The van der Waals surface area contributed by atoms with Gasteiger partial charge in [-0.2, -0.15) is 5.26 Å². The molecule has 16 aromatic rings. The quantitative estimate of drug-likeness (QED) is 0.111. The lowest BCUT2D eigenvalue weighted by Gasteiger charge is -2.23. The van der Waals surface area contributed by atoms with Crippen molar-refractivity contribution in [3.8, 4) is 51.1 Å². The molecule has 0 bridgehead atoms. The van der Waals surface area contributed by atoms with Gasteiger partial charge in [-0.05, 0) is 196 Å². The highest BCUT2D eigenvalue weighted by molar-refractivity contribution is 6.17. The first kappa shape index (κ1) is 76.2. The van der Waals surface area contributed by atoms with Crippen molar-refractivity contribution >= 4 is 105 Å². The Bertz CT molecular complexity index is 6600.